The van der Waals surface area contributed by atoms with Gasteiger partial charge in [0.15, 0.2) is 17.9 Å². The number of rotatable bonds is 8. The number of carbonyl (C=O) groups excluding carboxylic acids is 3. The van der Waals surface area contributed by atoms with E-state index in [1.165, 1.54) is 17.1 Å². The van der Waals surface area contributed by atoms with Crippen LogP contribution in [-0.4, -0.2) is 56.9 Å². The zero-order chi connectivity index (χ0) is 27.7. The molecule has 3 heterocycles. The van der Waals surface area contributed by atoms with Crippen LogP contribution in [0.4, 0.5) is 5.82 Å². The van der Waals surface area contributed by atoms with Gasteiger partial charge in [-0.05, 0) is 6.92 Å². The third kappa shape index (κ3) is 5.36. The second-order valence-corrected chi connectivity index (χ2v) is 10.1. The Labute approximate surface area is 215 Å². The zero-order valence-electron chi connectivity index (χ0n) is 22.0. The van der Waals surface area contributed by atoms with Crippen LogP contribution < -0.4 is 5.73 Å². The fourth-order valence-electron chi connectivity index (χ4n) is 3.95. The number of anilines is 1. The molecule has 12 nitrogen and oxygen atoms in total. The SMILES string of the molecule is CC(C)C(=O)OCC1O[C@@H](n2cc(C#N)c3c(N)ncnc32)[C@](C)(OC(=O)C(C)C)C1OC(=O)C(C)C. The molecule has 12 heteroatoms. The van der Waals surface area contributed by atoms with Crippen molar-refractivity contribution in [2.24, 2.45) is 17.8 Å². The minimum atomic E-state index is -1.60. The largest absolute Gasteiger partial charge is 0.463 e. The first-order valence-electron chi connectivity index (χ1n) is 12.1. The maximum absolute atomic E-state index is 12.9. The molecule has 1 aliphatic heterocycles. The molecule has 3 rings (SSSR count). The van der Waals surface area contributed by atoms with E-state index in [1.54, 1.807) is 48.5 Å². The van der Waals surface area contributed by atoms with Crippen molar-refractivity contribution in [3.8, 4) is 6.07 Å². The average molecular weight is 516 g/mol. The summed E-state index contributed by atoms with van der Waals surface area (Å²) in [7, 11) is 0. The van der Waals surface area contributed by atoms with Crippen LogP contribution in [-0.2, 0) is 33.3 Å². The number of hydrogen-bond acceptors (Lipinski definition) is 11. The molecular weight excluding hydrogens is 482 g/mol. The first-order chi connectivity index (χ1) is 17.3. The molecule has 37 heavy (non-hydrogen) atoms. The van der Waals surface area contributed by atoms with E-state index in [2.05, 4.69) is 16.0 Å². The third-order valence-corrected chi connectivity index (χ3v) is 6.08. The van der Waals surface area contributed by atoms with E-state index in [9.17, 15) is 19.6 Å². The van der Waals surface area contributed by atoms with E-state index in [-0.39, 0.29) is 23.6 Å². The minimum Gasteiger partial charge on any atom is -0.463 e. The molecule has 0 saturated carbocycles. The van der Waals surface area contributed by atoms with Gasteiger partial charge in [-0.1, -0.05) is 41.5 Å². The molecule has 0 radical (unpaired) electrons. The molecule has 4 atom stereocenters. The Bertz CT molecular complexity index is 1230. The van der Waals surface area contributed by atoms with Gasteiger partial charge in [-0.15, -0.1) is 0 Å². The van der Waals surface area contributed by atoms with Gasteiger partial charge in [0.2, 0.25) is 0 Å². The number of aromatic nitrogens is 3. The summed E-state index contributed by atoms with van der Waals surface area (Å²) in [5, 5.41) is 10.0. The van der Waals surface area contributed by atoms with Gasteiger partial charge in [0.05, 0.1) is 28.7 Å². The molecule has 1 aliphatic rings. The summed E-state index contributed by atoms with van der Waals surface area (Å²) in [5.74, 6) is -2.90. The lowest BCUT2D eigenvalue weighted by molar-refractivity contribution is -0.191. The molecular formula is C25H33N5O7. The molecule has 0 amide bonds. The number of nitrogen functional groups attached to an aromatic ring is 1. The molecule has 2 unspecified atom stereocenters. The van der Waals surface area contributed by atoms with Crippen molar-refractivity contribution in [3.05, 3.63) is 18.1 Å². The normalized spacial score (nSPS) is 23.4. The second-order valence-electron chi connectivity index (χ2n) is 10.1. The molecule has 0 aliphatic carbocycles. The maximum atomic E-state index is 12.9. The first kappa shape index (κ1) is 27.9. The summed E-state index contributed by atoms with van der Waals surface area (Å²) < 4.78 is 25.0. The van der Waals surface area contributed by atoms with Crippen LogP contribution in [0.3, 0.4) is 0 Å². The lowest BCUT2D eigenvalue weighted by atomic mass is 9.95. The first-order valence-corrected chi connectivity index (χ1v) is 12.1. The topological polar surface area (TPSA) is 169 Å². The quantitative estimate of drug-likeness (QED) is 0.405. The monoisotopic (exact) mass is 515 g/mol. The summed E-state index contributed by atoms with van der Waals surface area (Å²) in [6, 6.07) is 2.06. The predicted molar refractivity (Wildman–Crippen MR) is 130 cm³/mol. The van der Waals surface area contributed by atoms with Crippen molar-refractivity contribution in [1.82, 2.24) is 14.5 Å². The number of esters is 3. The van der Waals surface area contributed by atoms with E-state index < -0.39 is 59.7 Å². The lowest BCUT2D eigenvalue weighted by Crippen LogP contribution is -2.51. The van der Waals surface area contributed by atoms with E-state index >= 15 is 0 Å². The molecule has 2 N–H and O–H groups in total. The van der Waals surface area contributed by atoms with Gasteiger partial charge < -0.3 is 29.2 Å². The molecule has 2 aromatic heterocycles. The van der Waals surface area contributed by atoms with E-state index in [0.717, 1.165) is 0 Å². The Morgan fingerprint density at radius 2 is 1.73 bits per heavy atom. The van der Waals surface area contributed by atoms with Gasteiger partial charge in [0.1, 0.15) is 36.6 Å². The molecule has 200 valence electrons. The highest BCUT2D eigenvalue weighted by molar-refractivity contribution is 5.92. The molecule has 2 aromatic rings. The van der Waals surface area contributed by atoms with Crippen LogP contribution in [0, 0.1) is 29.1 Å². The average Bonchev–Trinajstić information content (AvgIpc) is 3.33. The Morgan fingerprint density at radius 1 is 1.11 bits per heavy atom. The van der Waals surface area contributed by atoms with Crippen LogP contribution in [0.1, 0.15) is 60.3 Å². The van der Waals surface area contributed by atoms with Crippen molar-refractivity contribution in [2.75, 3.05) is 12.3 Å². The highest BCUT2D eigenvalue weighted by Crippen LogP contribution is 2.45. The fourth-order valence-corrected chi connectivity index (χ4v) is 3.95. The predicted octanol–water partition coefficient (Wildman–Crippen LogP) is 2.51. The van der Waals surface area contributed by atoms with Crippen LogP contribution in [0.15, 0.2) is 12.5 Å². The maximum Gasteiger partial charge on any atom is 0.309 e. The van der Waals surface area contributed by atoms with Crippen molar-refractivity contribution in [1.29, 1.82) is 5.26 Å². The van der Waals surface area contributed by atoms with E-state index in [4.69, 9.17) is 24.7 Å². The number of carbonyl (C=O) groups is 3. The fraction of sp³-hybridized carbons (Fsp3) is 0.600. The number of hydrogen-bond donors (Lipinski definition) is 1. The summed E-state index contributed by atoms with van der Waals surface area (Å²) in [5.41, 5.74) is 4.87. The Morgan fingerprint density at radius 3 is 2.30 bits per heavy atom. The Kier molecular flexibility index (Phi) is 8.07. The van der Waals surface area contributed by atoms with Gasteiger partial charge in [-0.2, -0.15) is 5.26 Å². The third-order valence-electron chi connectivity index (χ3n) is 6.08. The van der Waals surface area contributed by atoms with E-state index in [1.807, 2.05) is 0 Å². The van der Waals surface area contributed by atoms with Crippen LogP contribution in [0.25, 0.3) is 11.0 Å². The standard InChI is InChI=1S/C25H33N5O7/c1-12(2)21(31)34-10-16-18(36-22(32)13(3)4)25(7,37-23(33)14(5)6)24(35-16)30-9-15(8-26)17-19(27)28-11-29-20(17)30/h9,11-14,16,18,24H,10H2,1-7H3,(H2,27,28,29)/t16?,18?,24-,25-/m1/s1. The second kappa shape index (κ2) is 10.7. The van der Waals surface area contributed by atoms with Gasteiger partial charge in [-0.25, -0.2) is 9.97 Å². The molecule has 0 aromatic carbocycles. The molecule has 1 fully saturated rings. The van der Waals surface area contributed by atoms with E-state index in [0.29, 0.717) is 5.39 Å². The summed E-state index contributed by atoms with van der Waals surface area (Å²) in [6.07, 6.45) is -0.576. The van der Waals surface area contributed by atoms with Gasteiger partial charge in [-0.3, -0.25) is 14.4 Å². The molecule has 0 spiro atoms. The van der Waals surface area contributed by atoms with Crippen LogP contribution in [0.2, 0.25) is 0 Å². The number of ether oxygens (including phenoxy) is 4. The van der Waals surface area contributed by atoms with Crippen molar-refractivity contribution >= 4 is 34.8 Å². The van der Waals surface area contributed by atoms with Gasteiger partial charge in [0.25, 0.3) is 0 Å². The summed E-state index contributed by atoms with van der Waals surface area (Å²) in [4.78, 5) is 46.1. The number of nitrogens with zero attached hydrogens (tertiary/aromatic N) is 4. The smallest absolute Gasteiger partial charge is 0.309 e. The summed E-state index contributed by atoms with van der Waals surface area (Å²) in [6.45, 7) is 11.3. The van der Waals surface area contributed by atoms with Crippen LogP contribution in [0.5, 0.6) is 0 Å². The molecule has 1 saturated heterocycles. The lowest BCUT2D eigenvalue weighted by Gasteiger charge is -2.35. The minimum absolute atomic E-state index is 0.0874. The Balaban J connectivity index is 2.17. The highest BCUT2D eigenvalue weighted by atomic mass is 16.7. The van der Waals surface area contributed by atoms with Crippen molar-refractivity contribution in [2.45, 2.75) is 72.5 Å². The molecule has 0 bridgehead atoms. The van der Waals surface area contributed by atoms with Crippen molar-refractivity contribution < 1.29 is 33.3 Å². The van der Waals surface area contributed by atoms with Crippen LogP contribution >= 0.6 is 0 Å². The summed E-state index contributed by atoms with van der Waals surface area (Å²) >= 11 is 0. The number of nitrogens with two attached hydrogens (primary N) is 1. The van der Waals surface area contributed by atoms with Gasteiger partial charge in [0, 0.05) is 6.20 Å². The zero-order valence-corrected chi connectivity index (χ0v) is 22.0. The highest BCUT2D eigenvalue weighted by Gasteiger charge is 2.60. The Hall–Kier alpha value is -3.72. The number of fused-ring (bicyclic) bond motifs is 1. The number of nitriles is 1. The van der Waals surface area contributed by atoms with Crippen molar-refractivity contribution in [3.63, 3.8) is 0 Å². The van der Waals surface area contributed by atoms with Gasteiger partial charge >= 0.3 is 17.9 Å².